The van der Waals surface area contributed by atoms with Gasteiger partial charge in [0, 0.05) is 18.9 Å². The first-order valence-electron chi connectivity index (χ1n) is 9.69. The summed E-state index contributed by atoms with van der Waals surface area (Å²) < 4.78 is 4.86. The molecule has 0 saturated heterocycles. The van der Waals surface area contributed by atoms with Crippen molar-refractivity contribution in [1.82, 2.24) is 19.8 Å². The molecule has 0 spiro atoms. The fourth-order valence-electron chi connectivity index (χ4n) is 2.89. The standard InChI is InChI=1S/C20H19N5OS.C2H6/c1-14-7-8-16-18(13-14)27-24-19(23-16)20(26)21-11-9-15-5-2-3-6-17(15)25-12-4-10-22-25;1-2/h2-8,10,12-13H,9,11H2,1H3,(H,21,26)(H,23,24);1-2H3. The van der Waals surface area contributed by atoms with E-state index < -0.39 is 0 Å². The molecule has 1 aliphatic heterocycles. The topological polar surface area (TPSA) is 71.3 Å². The maximum Gasteiger partial charge on any atom is 0.287 e. The van der Waals surface area contributed by atoms with E-state index in [1.807, 2.05) is 74.1 Å². The van der Waals surface area contributed by atoms with Crippen molar-refractivity contribution in [1.29, 1.82) is 0 Å². The smallest absolute Gasteiger partial charge is 0.287 e. The molecule has 0 saturated carbocycles. The Balaban J connectivity index is 0.00000117. The van der Waals surface area contributed by atoms with Crippen LogP contribution >= 0.6 is 11.9 Å². The van der Waals surface area contributed by atoms with Crippen molar-refractivity contribution in [2.24, 2.45) is 4.99 Å². The second kappa shape index (κ2) is 9.93. The van der Waals surface area contributed by atoms with Gasteiger partial charge in [0.15, 0.2) is 0 Å². The molecule has 3 aromatic rings. The number of hydrogen-bond acceptors (Lipinski definition) is 5. The molecule has 0 aliphatic carbocycles. The number of rotatable bonds is 5. The Morgan fingerprint density at radius 2 is 2.00 bits per heavy atom. The van der Waals surface area contributed by atoms with Crippen LogP contribution in [0.2, 0.25) is 0 Å². The number of carbonyl (C=O) groups excluding carboxylic acids is 1. The Hall–Kier alpha value is -3.06. The van der Waals surface area contributed by atoms with Crippen LogP contribution in [-0.4, -0.2) is 28.1 Å². The first-order chi connectivity index (χ1) is 14.2. The van der Waals surface area contributed by atoms with Gasteiger partial charge in [0.2, 0.25) is 5.84 Å². The van der Waals surface area contributed by atoms with E-state index in [1.165, 1.54) is 17.5 Å². The van der Waals surface area contributed by atoms with Crippen molar-refractivity contribution >= 4 is 29.4 Å². The van der Waals surface area contributed by atoms with Crippen LogP contribution in [0.15, 0.2) is 70.8 Å². The Labute approximate surface area is 175 Å². The maximum absolute atomic E-state index is 12.4. The summed E-state index contributed by atoms with van der Waals surface area (Å²) in [6.45, 7) is 6.55. The molecule has 29 heavy (non-hydrogen) atoms. The fraction of sp³-hybridized carbons (Fsp3) is 0.227. The molecule has 1 aliphatic rings. The molecule has 150 valence electrons. The number of aliphatic imine (C=N–C) groups is 1. The third-order valence-electron chi connectivity index (χ3n) is 4.24. The number of carbonyl (C=O) groups is 1. The van der Waals surface area contributed by atoms with Gasteiger partial charge in [-0.3, -0.25) is 4.79 Å². The average Bonchev–Trinajstić information content (AvgIpc) is 3.30. The number of benzene rings is 2. The summed E-state index contributed by atoms with van der Waals surface area (Å²) in [5, 5.41) is 7.23. The van der Waals surface area contributed by atoms with Crippen molar-refractivity contribution < 1.29 is 4.79 Å². The largest absolute Gasteiger partial charge is 0.349 e. The van der Waals surface area contributed by atoms with E-state index >= 15 is 0 Å². The lowest BCUT2D eigenvalue weighted by atomic mass is 10.1. The monoisotopic (exact) mass is 407 g/mol. The normalized spacial score (nSPS) is 12.0. The summed E-state index contributed by atoms with van der Waals surface area (Å²) in [4.78, 5) is 17.9. The Morgan fingerprint density at radius 3 is 2.79 bits per heavy atom. The molecule has 6 nitrogen and oxygen atoms in total. The van der Waals surface area contributed by atoms with Crippen LogP contribution in [0.3, 0.4) is 0 Å². The summed E-state index contributed by atoms with van der Waals surface area (Å²) in [5.74, 6) is 0.127. The highest BCUT2D eigenvalue weighted by Crippen LogP contribution is 2.31. The van der Waals surface area contributed by atoms with E-state index in [0.29, 0.717) is 18.8 Å². The Bertz CT molecular complexity index is 998. The van der Waals surface area contributed by atoms with Crippen LogP contribution in [0, 0.1) is 6.92 Å². The maximum atomic E-state index is 12.4. The SMILES string of the molecule is CC.Cc1ccc2c(c1)SNC(C(=O)NCCc1ccccc1-n1cccn1)=N2. The molecule has 0 bridgehead atoms. The number of nitrogens with one attached hydrogen (secondary N) is 2. The molecular formula is C22H25N5OS. The lowest BCUT2D eigenvalue weighted by molar-refractivity contribution is -0.114. The van der Waals surface area contributed by atoms with Gasteiger partial charge in [0.1, 0.15) is 0 Å². The number of aromatic nitrogens is 2. The van der Waals surface area contributed by atoms with E-state index in [1.54, 1.807) is 6.20 Å². The van der Waals surface area contributed by atoms with Gasteiger partial charge in [-0.25, -0.2) is 9.67 Å². The van der Waals surface area contributed by atoms with Gasteiger partial charge < -0.3 is 10.0 Å². The van der Waals surface area contributed by atoms with Crippen LogP contribution in [0.1, 0.15) is 25.0 Å². The van der Waals surface area contributed by atoms with Gasteiger partial charge in [0.05, 0.1) is 16.3 Å². The number of hydrogen-bond donors (Lipinski definition) is 2. The lowest BCUT2D eigenvalue weighted by Crippen LogP contribution is -2.39. The summed E-state index contributed by atoms with van der Waals surface area (Å²) in [7, 11) is 0. The Kier molecular flexibility index (Phi) is 7.08. The second-order valence-electron chi connectivity index (χ2n) is 6.22. The third kappa shape index (κ3) is 5.06. The van der Waals surface area contributed by atoms with Crippen molar-refractivity contribution in [3.63, 3.8) is 0 Å². The zero-order chi connectivity index (χ0) is 20.6. The van der Waals surface area contributed by atoms with E-state index in [2.05, 4.69) is 26.2 Å². The van der Waals surface area contributed by atoms with Crippen LogP contribution < -0.4 is 10.0 Å². The zero-order valence-corrected chi connectivity index (χ0v) is 17.7. The van der Waals surface area contributed by atoms with Crippen LogP contribution in [0.5, 0.6) is 0 Å². The van der Waals surface area contributed by atoms with E-state index in [9.17, 15) is 4.79 Å². The van der Waals surface area contributed by atoms with Crippen molar-refractivity contribution in [2.45, 2.75) is 32.1 Å². The van der Waals surface area contributed by atoms with Gasteiger partial charge in [-0.05, 0) is 60.7 Å². The van der Waals surface area contributed by atoms with Crippen LogP contribution in [0.25, 0.3) is 5.69 Å². The zero-order valence-electron chi connectivity index (χ0n) is 16.8. The van der Waals surface area contributed by atoms with Crippen LogP contribution in [0.4, 0.5) is 5.69 Å². The molecule has 2 aromatic carbocycles. The summed E-state index contributed by atoms with van der Waals surface area (Å²) >= 11 is 1.42. The van der Waals surface area contributed by atoms with Gasteiger partial charge in [-0.15, -0.1) is 0 Å². The summed E-state index contributed by atoms with van der Waals surface area (Å²) in [6.07, 6.45) is 4.37. The predicted molar refractivity (Wildman–Crippen MR) is 119 cm³/mol. The molecule has 0 unspecified atom stereocenters. The number of para-hydroxylation sites is 1. The molecule has 2 heterocycles. The highest BCUT2D eigenvalue weighted by molar-refractivity contribution is 7.98. The molecular weight excluding hydrogens is 382 g/mol. The van der Waals surface area contributed by atoms with Crippen LogP contribution in [-0.2, 0) is 11.2 Å². The number of fused-ring (bicyclic) bond motifs is 1. The average molecular weight is 408 g/mol. The van der Waals surface area contributed by atoms with Gasteiger partial charge in [-0.1, -0.05) is 38.1 Å². The molecule has 2 N–H and O–H groups in total. The minimum Gasteiger partial charge on any atom is -0.349 e. The number of aryl methyl sites for hydroxylation is 1. The van der Waals surface area contributed by atoms with Crippen molar-refractivity contribution in [2.75, 3.05) is 6.54 Å². The molecule has 4 rings (SSSR count). The first-order valence-corrected chi connectivity index (χ1v) is 10.5. The van der Waals surface area contributed by atoms with Gasteiger partial charge in [0.25, 0.3) is 5.91 Å². The van der Waals surface area contributed by atoms with E-state index in [0.717, 1.165) is 21.8 Å². The van der Waals surface area contributed by atoms with Crippen molar-refractivity contribution in [3.05, 3.63) is 72.1 Å². The van der Waals surface area contributed by atoms with E-state index in [4.69, 9.17) is 0 Å². The lowest BCUT2D eigenvalue weighted by Gasteiger charge is -2.16. The number of nitrogens with zero attached hydrogens (tertiary/aromatic N) is 3. The molecule has 0 atom stereocenters. The predicted octanol–water partition coefficient (Wildman–Crippen LogP) is 4.21. The molecule has 0 fully saturated rings. The number of amides is 1. The third-order valence-corrected chi connectivity index (χ3v) is 5.09. The number of amidine groups is 1. The molecule has 0 radical (unpaired) electrons. The highest BCUT2D eigenvalue weighted by Gasteiger charge is 2.18. The Morgan fingerprint density at radius 1 is 1.17 bits per heavy atom. The second-order valence-corrected chi connectivity index (χ2v) is 7.07. The molecule has 1 amide bonds. The fourth-order valence-corrected chi connectivity index (χ4v) is 3.70. The van der Waals surface area contributed by atoms with Crippen molar-refractivity contribution in [3.8, 4) is 5.69 Å². The first kappa shape index (κ1) is 20.7. The van der Waals surface area contributed by atoms with Gasteiger partial charge >= 0.3 is 0 Å². The molecule has 1 aromatic heterocycles. The minimum absolute atomic E-state index is 0.203. The molecule has 7 heteroatoms. The highest BCUT2D eigenvalue weighted by atomic mass is 32.2. The summed E-state index contributed by atoms with van der Waals surface area (Å²) in [5.41, 5.74) is 4.13. The minimum atomic E-state index is -0.203. The summed E-state index contributed by atoms with van der Waals surface area (Å²) in [6, 6.07) is 15.9. The van der Waals surface area contributed by atoms with Gasteiger partial charge in [-0.2, -0.15) is 5.10 Å². The quantitative estimate of drug-likeness (QED) is 0.622. The van der Waals surface area contributed by atoms with E-state index in [-0.39, 0.29) is 5.91 Å².